The lowest BCUT2D eigenvalue weighted by Gasteiger charge is -2.32. The number of hydrogen-bond donors (Lipinski definition) is 0. The lowest BCUT2D eigenvalue weighted by molar-refractivity contribution is 0.0538. The van der Waals surface area contributed by atoms with E-state index in [4.69, 9.17) is 14.6 Å². The van der Waals surface area contributed by atoms with Crippen LogP contribution in [0.5, 0.6) is 11.5 Å². The van der Waals surface area contributed by atoms with Gasteiger partial charge in [-0.3, -0.25) is 9.80 Å². The second kappa shape index (κ2) is 9.34. The SMILES string of the molecule is COc1ccc(C2=NN(C3c4ccccc4OC3C(=O)c3ccccc3)C(c3ccccc3)C2)cc1. The van der Waals surface area contributed by atoms with E-state index in [-0.39, 0.29) is 17.9 Å². The fraction of sp³-hybridized carbons (Fsp3) is 0.161. The Balaban J connectivity index is 1.45. The number of carbonyl (C=O) groups is 1. The third-order valence-electron chi connectivity index (χ3n) is 6.93. The molecule has 0 saturated heterocycles. The van der Waals surface area contributed by atoms with E-state index in [1.165, 1.54) is 0 Å². The lowest BCUT2D eigenvalue weighted by Crippen LogP contribution is -2.38. The Bertz CT molecular complexity index is 1400. The van der Waals surface area contributed by atoms with Gasteiger partial charge in [0.15, 0.2) is 6.10 Å². The van der Waals surface area contributed by atoms with Crippen molar-refractivity contribution >= 4 is 11.5 Å². The summed E-state index contributed by atoms with van der Waals surface area (Å²) in [7, 11) is 1.66. The fourth-order valence-electron chi connectivity index (χ4n) is 5.13. The number of hydrazone groups is 1. The number of methoxy groups -OCH3 is 1. The second-order valence-corrected chi connectivity index (χ2v) is 9.04. The van der Waals surface area contributed by atoms with E-state index in [1.807, 2.05) is 97.1 Å². The van der Waals surface area contributed by atoms with Crippen LogP contribution in [0.1, 0.15) is 45.6 Å². The van der Waals surface area contributed by atoms with Crippen molar-refractivity contribution in [2.45, 2.75) is 24.6 Å². The molecule has 0 radical (unpaired) electrons. The van der Waals surface area contributed by atoms with Gasteiger partial charge in [-0.05, 0) is 41.5 Å². The zero-order valence-corrected chi connectivity index (χ0v) is 20.0. The Morgan fingerprint density at radius 3 is 2.25 bits per heavy atom. The van der Waals surface area contributed by atoms with E-state index in [1.54, 1.807) is 7.11 Å². The third-order valence-corrected chi connectivity index (χ3v) is 6.93. The second-order valence-electron chi connectivity index (χ2n) is 9.04. The highest BCUT2D eigenvalue weighted by atomic mass is 16.5. The molecule has 0 amide bonds. The van der Waals surface area contributed by atoms with Crippen LogP contribution in [0.15, 0.2) is 114 Å². The van der Waals surface area contributed by atoms with Gasteiger partial charge in [0.25, 0.3) is 0 Å². The summed E-state index contributed by atoms with van der Waals surface area (Å²) in [6.45, 7) is 0. The maximum absolute atomic E-state index is 13.7. The first-order chi connectivity index (χ1) is 17.7. The number of hydrogen-bond acceptors (Lipinski definition) is 5. The van der Waals surface area contributed by atoms with E-state index in [0.717, 1.165) is 40.3 Å². The Kier molecular flexibility index (Phi) is 5.74. The van der Waals surface area contributed by atoms with Crippen LogP contribution in [0.2, 0.25) is 0 Å². The van der Waals surface area contributed by atoms with E-state index >= 15 is 0 Å². The first-order valence-corrected chi connectivity index (χ1v) is 12.1. The predicted octanol–water partition coefficient (Wildman–Crippen LogP) is 6.23. The van der Waals surface area contributed by atoms with Crippen molar-refractivity contribution in [3.63, 3.8) is 0 Å². The number of para-hydroxylation sites is 1. The molecular formula is C31H26N2O3. The van der Waals surface area contributed by atoms with Gasteiger partial charge >= 0.3 is 0 Å². The molecule has 0 aromatic heterocycles. The van der Waals surface area contributed by atoms with E-state index in [2.05, 4.69) is 17.1 Å². The van der Waals surface area contributed by atoms with Crippen molar-refractivity contribution in [2.75, 3.05) is 7.11 Å². The van der Waals surface area contributed by atoms with Crippen molar-refractivity contribution in [3.8, 4) is 11.5 Å². The van der Waals surface area contributed by atoms with Gasteiger partial charge in [0, 0.05) is 17.5 Å². The molecule has 0 bridgehead atoms. The van der Waals surface area contributed by atoms with Gasteiger partial charge < -0.3 is 9.47 Å². The lowest BCUT2D eigenvalue weighted by atomic mass is 9.93. The molecule has 3 atom stereocenters. The normalized spacial score (nSPS) is 20.4. The van der Waals surface area contributed by atoms with E-state index < -0.39 is 6.10 Å². The van der Waals surface area contributed by atoms with Crippen LogP contribution in [-0.4, -0.2) is 29.7 Å². The minimum absolute atomic E-state index is 0.0332. The summed E-state index contributed by atoms with van der Waals surface area (Å²) in [5.74, 6) is 1.49. The van der Waals surface area contributed by atoms with Crippen LogP contribution >= 0.6 is 0 Å². The van der Waals surface area contributed by atoms with Gasteiger partial charge in [0.2, 0.25) is 5.78 Å². The summed E-state index contributed by atoms with van der Waals surface area (Å²) in [6, 6.07) is 35.2. The smallest absolute Gasteiger partial charge is 0.205 e. The number of carbonyl (C=O) groups excluding carboxylic acids is 1. The quantitative estimate of drug-likeness (QED) is 0.311. The highest BCUT2D eigenvalue weighted by molar-refractivity contribution is 6.03. The van der Waals surface area contributed by atoms with Crippen LogP contribution < -0.4 is 9.47 Å². The van der Waals surface area contributed by atoms with Gasteiger partial charge in [-0.25, -0.2) is 0 Å². The molecule has 2 aliphatic rings. The van der Waals surface area contributed by atoms with Crippen LogP contribution in [0.4, 0.5) is 0 Å². The monoisotopic (exact) mass is 474 g/mol. The van der Waals surface area contributed by atoms with Crippen molar-refractivity contribution < 1.29 is 14.3 Å². The van der Waals surface area contributed by atoms with Crippen LogP contribution in [0.3, 0.4) is 0 Å². The highest BCUT2D eigenvalue weighted by Crippen LogP contribution is 2.47. The molecule has 4 aromatic carbocycles. The molecule has 0 spiro atoms. The minimum Gasteiger partial charge on any atom is -0.497 e. The molecule has 0 saturated carbocycles. The number of fused-ring (bicyclic) bond motifs is 1. The zero-order chi connectivity index (χ0) is 24.5. The zero-order valence-electron chi connectivity index (χ0n) is 20.0. The standard InChI is InChI=1S/C31H26N2O3/c1-35-24-18-16-21(17-19-24)26-20-27(22-10-4-2-5-11-22)33(32-26)29-25-14-8-9-15-28(25)36-31(29)30(34)23-12-6-3-7-13-23/h2-19,27,29,31H,20H2,1H3. The summed E-state index contributed by atoms with van der Waals surface area (Å²) in [6.07, 6.45) is 0.0244. The van der Waals surface area contributed by atoms with Gasteiger partial charge in [-0.2, -0.15) is 5.10 Å². The van der Waals surface area contributed by atoms with Crippen LogP contribution in [0, 0.1) is 0 Å². The summed E-state index contributed by atoms with van der Waals surface area (Å²) in [5, 5.41) is 7.25. The molecule has 36 heavy (non-hydrogen) atoms. The number of nitrogens with zero attached hydrogens (tertiary/aromatic N) is 2. The highest BCUT2D eigenvalue weighted by Gasteiger charge is 2.47. The molecule has 0 aliphatic carbocycles. The third kappa shape index (κ3) is 3.93. The Labute approximate surface area is 210 Å². The number of Topliss-reactive ketones (excluding diaryl/α,β-unsaturated/α-hetero) is 1. The first-order valence-electron chi connectivity index (χ1n) is 12.1. The summed E-state index contributed by atoms with van der Waals surface area (Å²) in [5.41, 5.74) is 4.78. The largest absolute Gasteiger partial charge is 0.497 e. The van der Waals surface area contributed by atoms with Crippen molar-refractivity contribution in [1.82, 2.24) is 5.01 Å². The predicted molar refractivity (Wildman–Crippen MR) is 140 cm³/mol. The Morgan fingerprint density at radius 2 is 1.53 bits per heavy atom. The number of ketones is 1. The van der Waals surface area contributed by atoms with Crippen molar-refractivity contribution in [3.05, 3.63) is 131 Å². The molecule has 5 nitrogen and oxygen atoms in total. The number of ether oxygens (including phenoxy) is 2. The average Bonchev–Trinajstić information content (AvgIpc) is 3.55. The molecule has 2 aliphatic heterocycles. The fourth-order valence-corrected chi connectivity index (χ4v) is 5.13. The van der Waals surface area contributed by atoms with Crippen molar-refractivity contribution in [1.29, 1.82) is 0 Å². The molecule has 2 heterocycles. The van der Waals surface area contributed by atoms with Gasteiger partial charge in [-0.1, -0.05) is 78.9 Å². The molecule has 0 fully saturated rings. The average molecular weight is 475 g/mol. The number of rotatable bonds is 6. The van der Waals surface area contributed by atoms with E-state index in [9.17, 15) is 4.79 Å². The van der Waals surface area contributed by atoms with E-state index in [0.29, 0.717) is 5.56 Å². The molecule has 6 rings (SSSR count). The maximum atomic E-state index is 13.7. The topological polar surface area (TPSA) is 51.1 Å². The number of benzene rings is 4. The molecule has 178 valence electrons. The molecule has 0 N–H and O–H groups in total. The minimum atomic E-state index is -0.699. The van der Waals surface area contributed by atoms with Crippen molar-refractivity contribution in [2.24, 2.45) is 5.10 Å². The molecular weight excluding hydrogens is 448 g/mol. The van der Waals surface area contributed by atoms with Gasteiger partial charge in [0.05, 0.1) is 18.9 Å². The first kappa shape index (κ1) is 22.1. The molecule has 4 aromatic rings. The Morgan fingerprint density at radius 1 is 0.861 bits per heavy atom. The summed E-state index contributed by atoms with van der Waals surface area (Å²) in [4.78, 5) is 13.7. The van der Waals surface area contributed by atoms with Crippen LogP contribution in [0.25, 0.3) is 0 Å². The summed E-state index contributed by atoms with van der Waals surface area (Å²) >= 11 is 0. The van der Waals surface area contributed by atoms with Crippen LogP contribution in [-0.2, 0) is 0 Å². The molecule has 5 heteroatoms. The van der Waals surface area contributed by atoms with Gasteiger partial charge in [-0.15, -0.1) is 0 Å². The summed E-state index contributed by atoms with van der Waals surface area (Å²) < 4.78 is 11.7. The van der Waals surface area contributed by atoms with Gasteiger partial charge in [0.1, 0.15) is 17.5 Å². The maximum Gasteiger partial charge on any atom is 0.205 e. The Hall–Kier alpha value is -4.38. The molecule has 3 unspecified atom stereocenters.